The van der Waals surface area contributed by atoms with E-state index < -0.39 is 0 Å². The molecule has 1 aliphatic rings. The van der Waals surface area contributed by atoms with Crippen LogP contribution in [0.25, 0.3) is 0 Å². The highest BCUT2D eigenvalue weighted by molar-refractivity contribution is 5.27. The van der Waals surface area contributed by atoms with Crippen LogP contribution < -0.4 is 5.32 Å². The lowest BCUT2D eigenvalue weighted by molar-refractivity contribution is 0.236. The highest BCUT2D eigenvalue weighted by atomic mass is 15.1. The van der Waals surface area contributed by atoms with Crippen LogP contribution >= 0.6 is 0 Å². The van der Waals surface area contributed by atoms with Gasteiger partial charge in [0.25, 0.3) is 0 Å². The Morgan fingerprint density at radius 2 is 1.82 bits per heavy atom. The number of hydrogen-bond acceptors (Lipinski definition) is 2. The van der Waals surface area contributed by atoms with Crippen LogP contribution in [-0.2, 0) is 13.1 Å². The summed E-state index contributed by atoms with van der Waals surface area (Å²) in [6.45, 7) is 2.05. The zero-order chi connectivity index (χ0) is 12.1. The Morgan fingerprint density at radius 1 is 1.18 bits per heavy atom. The Hall–Kier alpha value is -0.860. The molecule has 0 radical (unpaired) electrons. The van der Waals surface area contributed by atoms with E-state index in [1.807, 2.05) is 7.05 Å². The second-order valence-electron chi connectivity index (χ2n) is 5.15. The van der Waals surface area contributed by atoms with Crippen molar-refractivity contribution in [1.82, 2.24) is 10.2 Å². The second kappa shape index (κ2) is 6.18. The van der Waals surface area contributed by atoms with Gasteiger partial charge in [0.2, 0.25) is 0 Å². The average molecular weight is 232 g/mol. The molecule has 17 heavy (non-hydrogen) atoms. The molecule has 0 amide bonds. The first-order valence-corrected chi connectivity index (χ1v) is 6.73. The number of rotatable bonds is 5. The lowest BCUT2D eigenvalue weighted by atomic mass is 10.1. The van der Waals surface area contributed by atoms with Crippen molar-refractivity contribution in [2.75, 3.05) is 14.1 Å². The first-order valence-electron chi connectivity index (χ1n) is 6.73. The SMILES string of the molecule is CNCc1ccccc1CN(C)C1CCCC1. The van der Waals surface area contributed by atoms with E-state index >= 15 is 0 Å². The van der Waals surface area contributed by atoms with Crippen molar-refractivity contribution in [3.8, 4) is 0 Å². The molecule has 0 bridgehead atoms. The quantitative estimate of drug-likeness (QED) is 0.840. The van der Waals surface area contributed by atoms with E-state index in [0.29, 0.717) is 0 Å². The molecule has 1 aliphatic carbocycles. The number of hydrogen-bond donors (Lipinski definition) is 1. The molecule has 0 unspecified atom stereocenters. The van der Waals surface area contributed by atoms with E-state index in [1.54, 1.807) is 0 Å². The van der Waals surface area contributed by atoms with Crippen LogP contribution in [0.2, 0.25) is 0 Å². The molecule has 0 aromatic heterocycles. The fourth-order valence-corrected chi connectivity index (χ4v) is 2.82. The Bertz CT molecular complexity index is 343. The van der Waals surface area contributed by atoms with Gasteiger partial charge in [0.05, 0.1) is 0 Å². The Kier molecular flexibility index (Phi) is 4.57. The molecule has 0 heterocycles. The summed E-state index contributed by atoms with van der Waals surface area (Å²) in [7, 11) is 4.28. The van der Waals surface area contributed by atoms with Gasteiger partial charge in [-0.15, -0.1) is 0 Å². The molecule has 94 valence electrons. The molecule has 0 spiro atoms. The lowest BCUT2D eigenvalue weighted by Crippen LogP contribution is -2.29. The van der Waals surface area contributed by atoms with Gasteiger partial charge in [-0.05, 0) is 38.1 Å². The van der Waals surface area contributed by atoms with Crippen LogP contribution in [0, 0.1) is 0 Å². The van der Waals surface area contributed by atoms with Crippen molar-refractivity contribution in [1.29, 1.82) is 0 Å². The number of nitrogens with zero attached hydrogens (tertiary/aromatic N) is 1. The van der Waals surface area contributed by atoms with Gasteiger partial charge >= 0.3 is 0 Å². The van der Waals surface area contributed by atoms with E-state index in [2.05, 4.69) is 41.5 Å². The normalized spacial score (nSPS) is 16.9. The third-order valence-electron chi connectivity index (χ3n) is 3.85. The monoisotopic (exact) mass is 232 g/mol. The van der Waals surface area contributed by atoms with Gasteiger partial charge in [-0.2, -0.15) is 0 Å². The maximum atomic E-state index is 3.25. The van der Waals surface area contributed by atoms with E-state index in [-0.39, 0.29) is 0 Å². The van der Waals surface area contributed by atoms with Gasteiger partial charge in [-0.3, -0.25) is 4.90 Å². The summed E-state index contributed by atoms with van der Waals surface area (Å²) in [5.41, 5.74) is 2.90. The summed E-state index contributed by atoms with van der Waals surface area (Å²) in [6, 6.07) is 9.58. The van der Waals surface area contributed by atoms with Crippen molar-refractivity contribution < 1.29 is 0 Å². The fraction of sp³-hybridized carbons (Fsp3) is 0.600. The van der Waals surface area contributed by atoms with Gasteiger partial charge in [0.15, 0.2) is 0 Å². The molecular formula is C15H24N2. The first-order chi connectivity index (χ1) is 8.31. The summed E-state index contributed by atoms with van der Waals surface area (Å²) in [5, 5.41) is 3.25. The lowest BCUT2D eigenvalue weighted by Gasteiger charge is -2.25. The molecule has 2 heteroatoms. The largest absolute Gasteiger partial charge is 0.316 e. The third kappa shape index (κ3) is 3.30. The van der Waals surface area contributed by atoms with E-state index in [9.17, 15) is 0 Å². The first kappa shape index (κ1) is 12.6. The molecule has 1 saturated carbocycles. The molecule has 1 aromatic carbocycles. The van der Waals surface area contributed by atoms with E-state index in [0.717, 1.165) is 19.1 Å². The summed E-state index contributed by atoms with van der Waals surface area (Å²) in [4.78, 5) is 2.53. The fourth-order valence-electron chi connectivity index (χ4n) is 2.82. The molecule has 2 nitrogen and oxygen atoms in total. The minimum atomic E-state index is 0.803. The number of benzene rings is 1. The predicted molar refractivity (Wildman–Crippen MR) is 72.9 cm³/mol. The van der Waals surface area contributed by atoms with E-state index in [4.69, 9.17) is 0 Å². The molecule has 0 atom stereocenters. The standard InChI is InChI=1S/C15H24N2/c1-16-11-13-7-3-4-8-14(13)12-17(2)15-9-5-6-10-15/h3-4,7-8,15-16H,5-6,9-12H2,1-2H3. The van der Waals surface area contributed by atoms with E-state index in [1.165, 1.54) is 36.8 Å². The smallest absolute Gasteiger partial charge is 0.0236 e. The highest BCUT2D eigenvalue weighted by Crippen LogP contribution is 2.24. The maximum Gasteiger partial charge on any atom is 0.0236 e. The molecule has 1 N–H and O–H groups in total. The third-order valence-corrected chi connectivity index (χ3v) is 3.85. The average Bonchev–Trinajstić information content (AvgIpc) is 2.85. The topological polar surface area (TPSA) is 15.3 Å². The van der Waals surface area contributed by atoms with Crippen LogP contribution in [0.1, 0.15) is 36.8 Å². The molecule has 2 rings (SSSR count). The van der Waals surface area contributed by atoms with Crippen LogP contribution in [0.15, 0.2) is 24.3 Å². The summed E-state index contributed by atoms with van der Waals surface area (Å²) in [6.07, 6.45) is 5.58. The van der Waals surface area contributed by atoms with Crippen molar-refractivity contribution >= 4 is 0 Å². The van der Waals surface area contributed by atoms with Crippen molar-refractivity contribution in [2.24, 2.45) is 0 Å². The Morgan fingerprint density at radius 3 is 2.47 bits per heavy atom. The van der Waals surface area contributed by atoms with Gasteiger partial charge in [0.1, 0.15) is 0 Å². The summed E-state index contributed by atoms with van der Waals surface area (Å²) < 4.78 is 0. The summed E-state index contributed by atoms with van der Waals surface area (Å²) >= 11 is 0. The van der Waals surface area contributed by atoms with Crippen LogP contribution in [0.3, 0.4) is 0 Å². The minimum Gasteiger partial charge on any atom is -0.316 e. The van der Waals surface area contributed by atoms with Gasteiger partial charge in [-0.1, -0.05) is 37.1 Å². The van der Waals surface area contributed by atoms with Crippen molar-refractivity contribution in [3.05, 3.63) is 35.4 Å². The zero-order valence-corrected chi connectivity index (χ0v) is 11.1. The molecule has 1 fully saturated rings. The van der Waals surface area contributed by atoms with Crippen LogP contribution in [0.4, 0.5) is 0 Å². The highest BCUT2D eigenvalue weighted by Gasteiger charge is 2.19. The minimum absolute atomic E-state index is 0.803. The Labute approximate surface area is 105 Å². The van der Waals surface area contributed by atoms with Gasteiger partial charge < -0.3 is 5.32 Å². The zero-order valence-electron chi connectivity index (χ0n) is 11.1. The molecule has 1 aromatic rings. The second-order valence-corrected chi connectivity index (χ2v) is 5.15. The predicted octanol–water partition coefficient (Wildman–Crippen LogP) is 2.78. The van der Waals surface area contributed by atoms with Crippen molar-refractivity contribution in [2.45, 2.75) is 44.8 Å². The van der Waals surface area contributed by atoms with Gasteiger partial charge in [-0.25, -0.2) is 0 Å². The number of nitrogens with one attached hydrogen (secondary N) is 1. The molecular weight excluding hydrogens is 208 g/mol. The summed E-state index contributed by atoms with van der Waals surface area (Å²) in [5.74, 6) is 0. The maximum absolute atomic E-state index is 3.25. The van der Waals surface area contributed by atoms with Crippen molar-refractivity contribution in [3.63, 3.8) is 0 Å². The van der Waals surface area contributed by atoms with Crippen LogP contribution in [0.5, 0.6) is 0 Å². The van der Waals surface area contributed by atoms with Crippen LogP contribution in [-0.4, -0.2) is 25.0 Å². The Balaban J connectivity index is 2.01. The molecule has 0 saturated heterocycles. The molecule has 0 aliphatic heterocycles. The van der Waals surface area contributed by atoms with Gasteiger partial charge in [0, 0.05) is 19.1 Å².